The quantitative estimate of drug-likeness (QED) is 0.843. The van der Waals surface area contributed by atoms with Crippen LogP contribution in [0.15, 0.2) is 54.6 Å². The molecule has 2 aromatic rings. The Balaban J connectivity index is 2.39. The predicted molar refractivity (Wildman–Crippen MR) is 94.6 cm³/mol. The number of thioether (sulfide) groups is 1. The van der Waals surface area contributed by atoms with Crippen molar-refractivity contribution in [3.63, 3.8) is 0 Å². The molecule has 0 amide bonds. The van der Waals surface area contributed by atoms with Crippen molar-refractivity contribution in [2.24, 2.45) is 0 Å². The zero-order valence-corrected chi connectivity index (χ0v) is 14.0. The second-order valence-corrected chi connectivity index (χ2v) is 6.90. The first kappa shape index (κ1) is 17.3. The molecule has 2 rings (SSSR count). The maximum atomic E-state index is 11.5. The summed E-state index contributed by atoms with van der Waals surface area (Å²) >= 11 is 1.11. The van der Waals surface area contributed by atoms with Crippen molar-refractivity contribution < 1.29 is 14.7 Å². The number of carboxylic acids is 1. The van der Waals surface area contributed by atoms with Crippen LogP contribution in [0.3, 0.4) is 0 Å². The highest BCUT2D eigenvalue weighted by molar-refractivity contribution is 8.14. The monoisotopic (exact) mass is 328 g/mol. The van der Waals surface area contributed by atoms with Gasteiger partial charge in [-0.05, 0) is 22.6 Å². The maximum absolute atomic E-state index is 11.5. The number of carbonyl (C=O) groups excluding carboxylic acids is 1. The summed E-state index contributed by atoms with van der Waals surface area (Å²) in [5.74, 6) is -0.927. The lowest BCUT2D eigenvalue weighted by Crippen LogP contribution is -2.19. The third kappa shape index (κ3) is 4.70. The molecular weight excluding hydrogens is 308 g/mol. The number of carbonyl (C=O) groups is 2. The van der Waals surface area contributed by atoms with Gasteiger partial charge in [-0.3, -0.25) is 9.59 Å². The summed E-state index contributed by atoms with van der Waals surface area (Å²) in [6, 6.07) is 18.0. The number of rotatable bonds is 6. The normalized spacial score (nSPS) is 13.3. The minimum Gasteiger partial charge on any atom is -0.481 e. The zero-order chi connectivity index (χ0) is 16.8. The average molecular weight is 328 g/mol. The van der Waals surface area contributed by atoms with Crippen LogP contribution in [0.1, 0.15) is 31.7 Å². The third-order valence-electron chi connectivity index (χ3n) is 3.79. The molecule has 0 radical (unpaired) electrons. The van der Waals surface area contributed by atoms with E-state index in [9.17, 15) is 9.59 Å². The van der Waals surface area contributed by atoms with Crippen molar-refractivity contribution in [2.75, 3.05) is 0 Å². The van der Waals surface area contributed by atoms with Gasteiger partial charge in [-0.25, -0.2) is 0 Å². The van der Waals surface area contributed by atoms with Crippen molar-refractivity contribution in [3.05, 3.63) is 60.2 Å². The Kier molecular flexibility index (Phi) is 5.99. The number of carboxylic acid groups (broad SMARTS) is 1. The summed E-state index contributed by atoms with van der Waals surface area (Å²) in [4.78, 5) is 22.7. The van der Waals surface area contributed by atoms with Crippen LogP contribution in [0.5, 0.6) is 0 Å². The van der Waals surface area contributed by atoms with Crippen LogP contribution in [-0.4, -0.2) is 21.4 Å². The molecule has 0 aliphatic heterocycles. The van der Waals surface area contributed by atoms with Crippen LogP contribution in [0.4, 0.5) is 0 Å². The Hall–Kier alpha value is -2.07. The second-order valence-electron chi connectivity index (χ2n) is 5.49. The Morgan fingerprint density at radius 1 is 1.04 bits per heavy atom. The molecule has 1 N–H and O–H groups in total. The van der Waals surface area contributed by atoms with Gasteiger partial charge in [0.25, 0.3) is 0 Å². The van der Waals surface area contributed by atoms with Gasteiger partial charge in [-0.2, -0.15) is 0 Å². The molecule has 3 nitrogen and oxygen atoms in total. The Morgan fingerprint density at radius 2 is 1.65 bits per heavy atom. The standard InChI is InChI=1S/C19H20O3S/c1-13(18(12-19(21)22)23-14(2)20)16-10-6-7-11-17(16)15-8-4-3-5-9-15/h3-11,13,18H,12H2,1-2H3,(H,21,22). The van der Waals surface area contributed by atoms with Crippen LogP contribution in [-0.2, 0) is 9.59 Å². The van der Waals surface area contributed by atoms with Gasteiger partial charge >= 0.3 is 5.97 Å². The summed E-state index contributed by atoms with van der Waals surface area (Å²) in [5.41, 5.74) is 3.25. The van der Waals surface area contributed by atoms with Gasteiger partial charge in [0.05, 0.1) is 6.42 Å². The lowest BCUT2D eigenvalue weighted by molar-refractivity contribution is -0.137. The fourth-order valence-corrected chi connectivity index (χ4v) is 3.68. The Morgan fingerprint density at radius 3 is 2.26 bits per heavy atom. The fraction of sp³-hybridized carbons (Fsp3) is 0.263. The van der Waals surface area contributed by atoms with E-state index in [2.05, 4.69) is 0 Å². The first-order valence-electron chi connectivity index (χ1n) is 7.52. The van der Waals surface area contributed by atoms with Crippen LogP contribution in [0.25, 0.3) is 11.1 Å². The zero-order valence-electron chi connectivity index (χ0n) is 13.2. The van der Waals surface area contributed by atoms with Crippen molar-refractivity contribution in [1.29, 1.82) is 0 Å². The van der Waals surface area contributed by atoms with Gasteiger partial charge in [0.1, 0.15) is 0 Å². The van der Waals surface area contributed by atoms with E-state index in [0.717, 1.165) is 28.5 Å². The van der Waals surface area contributed by atoms with Gasteiger partial charge in [0.15, 0.2) is 5.12 Å². The van der Waals surface area contributed by atoms with E-state index in [1.54, 1.807) is 0 Å². The summed E-state index contributed by atoms with van der Waals surface area (Å²) < 4.78 is 0. The molecule has 0 bridgehead atoms. The van der Waals surface area contributed by atoms with Crippen molar-refractivity contribution >= 4 is 22.8 Å². The van der Waals surface area contributed by atoms with E-state index in [0.29, 0.717) is 0 Å². The van der Waals surface area contributed by atoms with E-state index >= 15 is 0 Å². The summed E-state index contributed by atoms with van der Waals surface area (Å²) in [7, 11) is 0. The second kappa shape index (κ2) is 7.97. The number of hydrogen-bond donors (Lipinski definition) is 1. The van der Waals surface area contributed by atoms with E-state index in [1.807, 2.05) is 61.5 Å². The fourth-order valence-electron chi connectivity index (χ4n) is 2.68. The van der Waals surface area contributed by atoms with Crippen LogP contribution < -0.4 is 0 Å². The SMILES string of the molecule is CC(=O)SC(CC(=O)O)C(C)c1ccccc1-c1ccccc1. The highest BCUT2D eigenvalue weighted by Gasteiger charge is 2.25. The van der Waals surface area contributed by atoms with Gasteiger partial charge < -0.3 is 5.11 Å². The Labute approximate surface area is 140 Å². The molecular formula is C19H20O3S. The molecule has 2 atom stereocenters. The molecule has 0 saturated carbocycles. The number of benzene rings is 2. The molecule has 120 valence electrons. The molecule has 0 aliphatic carbocycles. The van der Waals surface area contributed by atoms with E-state index in [1.165, 1.54) is 6.92 Å². The largest absolute Gasteiger partial charge is 0.481 e. The van der Waals surface area contributed by atoms with E-state index in [-0.39, 0.29) is 22.7 Å². The molecule has 23 heavy (non-hydrogen) atoms. The summed E-state index contributed by atoms with van der Waals surface area (Å²) in [6.45, 7) is 3.47. The average Bonchev–Trinajstić information content (AvgIpc) is 2.53. The molecule has 2 aromatic carbocycles. The maximum Gasteiger partial charge on any atom is 0.304 e. The highest BCUT2D eigenvalue weighted by Crippen LogP contribution is 2.36. The summed E-state index contributed by atoms with van der Waals surface area (Å²) in [5, 5.41) is 8.82. The molecule has 0 heterocycles. The third-order valence-corrected chi connectivity index (χ3v) is 5.00. The smallest absolute Gasteiger partial charge is 0.304 e. The van der Waals surface area contributed by atoms with Crippen molar-refractivity contribution in [1.82, 2.24) is 0 Å². The minimum absolute atomic E-state index is 0.0332. The first-order chi connectivity index (χ1) is 11.0. The van der Waals surface area contributed by atoms with Gasteiger partial charge in [-0.1, -0.05) is 73.3 Å². The predicted octanol–water partition coefficient (Wildman–Crippen LogP) is 4.58. The van der Waals surface area contributed by atoms with E-state index < -0.39 is 5.97 Å². The molecule has 0 fully saturated rings. The molecule has 2 unspecified atom stereocenters. The molecule has 0 aromatic heterocycles. The lowest BCUT2D eigenvalue weighted by Gasteiger charge is -2.24. The van der Waals surface area contributed by atoms with Gasteiger partial charge in [0, 0.05) is 12.2 Å². The molecule has 0 saturated heterocycles. The van der Waals surface area contributed by atoms with Crippen molar-refractivity contribution in [3.8, 4) is 11.1 Å². The van der Waals surface area contributed by atoms with Crippen molar-refractivity contribution in [2.45, 2.75) is 31.4 Å². The molecule has 0 aliphatic rings. The molecule has 4 heteroatoms. The Bertz CT molecular complexity index is 666. The van der Waals surface area contributed by atoms with Crippen LogP contribution in [0.2, 0.25) is 0 Å². The number of hydrogen-bond acceptors (Lipinski definition) is 3. The highest BCUT2D eigenvalue weighted by atomic mass is 32.2. The van der Waals surface area contributed by atoms with Gasteiger partial charge in [0.2, 0.25) is 0 Å². The van der Waals surface area contributed by atoms with E-state index in [4.69, 9.17) is 5.11 Å². The minimum atomic E-state index is -0.882. The van der Waals surface area contributed by atoms with Crippen LogP contribution >= 0.6 is 11.8 Å². The number of aliphatic carboxylic acids is 1. The topological polar surface area (TPSA) is 54.4 Å². The lowest BCUT2D eigenvalue weighted by atomic mass is 9.88. The summed E-state index contributed by atoms with van der Waals surface area (Å²) in [6.07, 6.45) is -0.0332. The van der Waals surface area contributed by atoms with Crippen LogP contribution in [0, 0.1) is 0 Å². The first-order valence-corrected chi connectivity index (χ1v) is 8.40. The molecule has 0 spiro atoms. The van der Waals surface area contributed by atoms with Gasteiger partial charge in [-0.15, -0.1) is 0 Å².